The van der Waals surface area contributed by atoms with Gasteiger partial charge in [0, 0.05) is 3.57 Å². The number of unbranched alkanes of at least 4 members (excludes halogenated alkanes) is 1. The second-order valence-electron chi connectivity index (χ2n) is 3.46. The van der Waals surface area contributed by atoms with Crippen LogP contribution >= 0.6 is 34.2 Å². The number of ether oxygens (including phenoxy) is 2. The summed E-state index contributed by atoms with van der Waals surface area (Å²) in [6, 6.07) is 3.30. The van der Waals surface area contributed by atoms with Crippen LogP contribution in [-0.2, 0) is 4.74 Å². The van der Waals surface area contributed by atoms with Crippen LogP contribution in [0.25, 0.3) is 0 Å². The highest BCUT2D eigenvalue weighted by Gasteiger charge is 2.16. The molecule has 0 aliphatic heterocycles. The van der Waals surface area contributed by atoms with Crippen molar-refractivity contribution >= 4 is 40.2 Å². The Balaban J connectivity index is 2.88. The Hall–Kier alpha value is -0.490. The minimum absolute atomic E-state index is 0.369. The SMILES string of the molecule is CCCCOC(=O)c1cc(Cl)c(I)cc1OC. The molecule has 0 amide bonds. The first kappa shape index (κ1) is 14.6. The lowest BCUT2D eigenvalue weighted by Crippen LogP contribution is -2.08. The maximum absolute atomic E-state index is 11.8. The molecule has 0 radical (unpaired) electrons. The number of hydrogen-bond acceptors (Lipinski definition) is 3. The third-order valence-electron chi connectivity index (χ3n) is 2.19. The van der Waals surface area contributed by atoms with E-state index in [1.165, 1.54) is 7.11 Å². The molecule has 1 aromatic rings. The van der Waals surface area contributed by atoms with E-state index in [0.717, 1.165) is 16.4 Å². The normalized spacial score (nSPS) is 10.1. The summed E-state index contributed by atoms with van der Waals surface area (Å²) < 4.78 is 11.1. The lowest BCUT2D eigenvalue weighted by atomic mass is 10.2. The maximum Gasteiger partial charge on any atom is 0.341 e. The summed E-state index contributed by atoms with van der Waals surface area (Å²) in [6.45, 7) is 2.46. The van der Waals surface area contributed by atoms with Gasteiger partial charge in [0.05, 0.1) is 18.7 Å². The van der Waals surface area contributed by atoms with E-state index >= 15 is 0 Å². The topological polar surface area (TPSA) is 35.5 Å². The van der Waals surface area contributed by atoms with Crippen molar-refractivity contribution in [1.82, 2.24) is 0 Å². The van der Waals surface area contributed by atoms with Crippen molar-refractivity contribution in [2.24, 2.45) is 0 Å². The Morgan fingerprint density at radius 1 is 1.47 bits per heavy atom. The van der Waals surface area contributed by atoms with E-state index in [-0.39, 0.29) is 0 Å². The fourth-order valence-corrected chi connectivity index (χ4v) is 1.85. The van der Waals surface area contributed by atoms with Gasteiger partial charge in [0.1, 0.15) is 11.3 Å². The number of carbonyl (C=O) groups excluding carboxylic acids is 1. The van der Waals surface area contributed by atoms with Crippen LogP contribution in [0.3, 0.4) is 0 Å². The first-order chi connectivity index (χ1) is 8.10. The lowest BCUT2D eigenvalue weighted by Gasteiger charge is -2.10. The molecule has 0 saturated heterocycles. The minimum atomic E-state index is -0.395. The summed E-state index contributed by atoms with van der Waals surface area (Å²) in [5.41, 5.74) is 0.369. The number of carbonyl (C=O) groups is 1. The monoisotopic (exact) mass is 368 g/mol. The van der Waals surface area contributed by atoms with E-state index in [4.69, 9.17) is 21.1 Å². The zero-order chi connectivity index (χ0) is 12.8. The molecule has 17 heavy (non-hydrogen) atoms. The van der Waals surface area contributed by atoms with Crippen LogP contribution < -0.4 is 4.74 Å². The van der Waals surface area contributed by atoms with E-state index in [9.17, 15) is 4.79 Å². The van der Waals surface area contributed by atoms with Crippen LogP contribution in [0, 0.1) is 3.57 Å². The van der Waals surface area contributed by atoms with Crippen molar-refractivity contribution < 1.29 is 14.3 Å². The minimum Gasteiger partial charge on any atom is -0.496 e. The second kappa shape index (κ2) is 7.06. The van der Waals surface area contributed by atoms with Gasteiger partial charge in [-0.25, -0.2) is 4.79 Å². The quantitative estimate of drug-likeness (QED) is 0.449. The molecule has 1 rings (SSSR count). The largest absolute Gasteiger partial charge is 0.496 e. The van der Waals surface area contributed by atoms with Gasteiger partial charge in [0.15, 0.2) is 0 Å². The average molecular weight is 369 g/mol. The van der Waals surface area contributed by atoms with Gasteiger partial charge in [-0.1, -0.05) is 24.9 Å². The lowest BCUT2D eigenvalue weighted by molar-refractivity contribution is 0.0496. The first-order valence-electron chi connectivity index (χ1n) is 5.30. The molecule has 0 unspecified atom stereocenters. The molecule has 0 spiro atoms. The molecule has 0 saturated carbocycles. The van der Waals surface area contributed by atoms with Gasteiger partial charge in [-0.3, -0.25) is 0 Å². The van der Waals surface area contributed by atoms with E-state index in [1.807, 2.05) is 6.92 Å². The van der Waals surface area contributed by atoms with Gasteiger partial charge in [0.25, 0.3) is 0 Å². The Bertz CT molecular complexity index is 407. The summed E-state index contributed by atoms with van der Waals surface area (Å²) in [5.74, 6) is 0.0916. The Kier molecular flexibility index (Phi) is 6.05. The molecular formula is C12H14ClIO3. The molecule has 5 heteroatoms. The Labute approximate surface area is 120 Å². The number of methoxy groups -OCH3 is 1. The molecule has 1 aromatic carbocycles. The molecule has 94 valence electrons. The van der Waals surface area contributed by atoms with Gasteiger partial charge >= 0.3 is 5.97 Å². The fourth-order valence-electron chi connectivity index (χ4n) is 1.24. The van der Waals surface area contributed by atoms with Crippen molar-refractivity contribution in [3.8, 4) is 5.75 Å². The van der Waals surface area contributed by atoms with Crippen LogP contribution in [0.5, 0.6) is 5.75 Å². The first-order valence-corrected chi connectivity index (χ1v) is 6.76. The summed E-state index contributed by atoms with van der Waals surface area (Å²) >= 11 is 8.06. The summed E-state index contributed by atoms with van der Waals surface area (Å²) in [7, 11) is 1.52. The number of rotatable bonds is 5. The smallest absolute Gasteiger partial charge is 0.341 e. The maximum atomic E-state index is 11.8. The van der Waals surface area contributed by atoms with Crippen LogP contribution in [0.1, 0.15) is 30.1 Å². The van der Waals surface area contributed by atoms with Crippen molar-refractivity contribution in [2.45, 2.75) is 19.8 Å². The highest BCUT2D eigenvalue weighted by molar-refractivity contribution is 14.1. The molecule has 0 fully saturated rings. The van der Waals surface area contributed by atoms with Crippen molar-refractivity contribution in [2.75, 3.05) is 13.7 Å². The molecule has 0 N–H and O–H groups in total. The third kappa shape index (κ3) is 4.03. The van der Waals surface area contributed by atoms with Gasteiger partial charge < -0.3 is 9.47 Å². The summed E-state index contributed by atoms with van der Waals surface area (Å²) in [4.78, 5) is 11.8. The third-order valence-corrected chi connectivity index (χ3v) is 3.72. The predicted molar refractivity (Wildman–Crippen MR) is 75.9 cm³/mol. The van der Waals surface area contributed by atoms with E-state index in [2.05, 4.69) is 22.6 Å². The summed E-state index contributed by atoms with van der Waals surface area (Å²) in [6.07, 6.45) is 1.84. The van der Waals surface area contributed by atoms with Gasteiger partial charge in [-0.2, -0.15) is 0 Å². The highest BCUT2D eigenvalue weighted by atomic mass is 127. The molecule has 3 nitrogen and oxygen atoms in total. The van der Waals surface area contributed by atoms with Crippen LogP contribution in [-0.4, -0.2) is 19.7 Å². The van der Waals surface area contributed by atoms with Crippen molar-refractivity contribution in [1.29, 1.82) is 0 Å². The van der Waals surface area contributed by atoms with Crippen molar-refractivity contribution in [3.63, 3.8) is 0 Å². The Morgan fingerprint density at radius 2 is 2.18 bits per heavy atom. The molecule has 0 heterocycles. The van der Waals surface area contributed by atoms with Crippen molar-refractivity contribution in [3.05, 3.63) is 26.3 Å². The number of halogens is 2. The number of hydrogen-bond donors (Lipinski definition) is 0. The standard InChI is InChI=1S/C12H14ClIO3/c1-3-4-5-17-12(15)8-6-9(13)10(14)7-11(8)16-2/h6-7H,3-5H2,1-2H3. The van der Waals surface area contributed by atoms with Crippen LogP contribution in [0.15, 0.2) is 12.1 Å². The molecule has 0 bridgehead atoms. The van der Waals surface area contributed by atoms with Gasteiger partial charge in [-0.15, -0.1) is 0 Å². The van der Waals surface area contributed by atoms with E-state index < -0.39 is 5.97 Å². The van der Waals surface area contributed by atoms with Crippen LogP contribution in [0.2, 0.25) is 5.02 Å². The predicted octanol–water partition coefficient (Wildman–Crippen LogP) is 3.91. The molecule has 0 atom stereocenters. The summed E-state index contributed by atoms with van der Waals surface area (Å²) in [5, 5.41) is 0.522. The molecule has 0 aromatic heterocycles. The number of benzene rings is 1. The second-order valence-corrected chi connectivity index (χ2v) is 5.03. The highest BCUT2D eigenvalue weighted by Crippen LogP contribution is 2.28. The molecule has 0 aliphatic carbocycles. The van der Waals surface area contributed by atoms with Gasteiger partial charge in [-0.05, 0) is 41.1 Å². The van der Waals surface area contributed by atoms with Gasteiger partial charge in [0.2, 0.25) is 0 Å². The molecular weight excluding hydrogens is 354 g/mol. The fraction of sp³-hybridized carbons (Fsp3) is 0.417. The van der Waals surface area contributed by atoms with E-state index in [1.54, 1.807) is 12.1 Å². The van der Waals surface area contributed by atoms with Crippen LogP contribution in [0.4, 0.5) is 0 Å². The number of esters is 1. The zero-order valence-electron chi connectivity index (χ0n) is 9.76. The zero-order valence-corrected chi connectivity index (χ0v) is 12.7. The van der Waals surface area contributed by atoms with E-state index in [0.29, 0.717) is 22.9 Å². The molecule has 0 aliphatic rings. The Morgan fingerprint density at radius 3 is 2.76 bits per heavy atom. The average Bonchev–Trinajstić information content (AvgIpc) is 2.32.